The van der Waals surface area contributed by atoms with Gasteiger partial charge in [-0.05, 0) is 49.3 Å². The van der Waals surface area contributed by atoms with Crippen LogP contribution < -0.4 is 5.32 Å². The number of aromatic nitrogens is 1. The Bertz CT molecular complexity index is 1180. The van der Waals surface area contributed by atoms with E-state index in [1.807, 2.05) is 24.8 Å². The zero-order chi connectivity index (χ0) is 28.5. The second-order valence-corrected chi connectivity index (χ2v) is 13.7. The number of aryl methyl sites for hydroxylation is 1. The number of thioether (sulfide) groups is 1. The van der Waals surface area contributed by atoms with Gasteiger partial charge in [-0.3, -0.25) is 19.3 Å². The third-order valence-corrected chi connectivity index (χ3v) is 10.4. The van der Waals surface area contributed by atoms with Crippen LogP contribution in [-0.4, -0.2) is 64.5 Å². The number of nitrogens with one attached hydrogen (secondary N) is 1. The summed E-state index contributed by atoms with van der Waals surface area (Å²) in [6, 6.07) is 6.27. The molecule has 1 saturated heterocycles. The summed E-state index contributed by atoms with van der Waals surface area (Å²) in [5.74, 6) is 2.26. The van der Waals surface area contributed by atoms with Gasteiger partial charge < -0.3 is 5.32 Å². The number of hydrogen-bond acceptors (Lipinski definition) is 7. The first-order valence-electron chi connectivity index (χ1n) is 15.1. The number of benzene rings is 1. The first-order valence-corrected chi connectivity index (χ1v) is 17.0. The van der Waals surface area contributed by atoms with Gasteiger partial charge in [0.05, 0.1) is 21.1 Å². The SMILES string of the molecule is C=C(CN1CCSCC1)C(=O)CC[C@@H](NC(=O)[C@@H](CC(=O)CC)Cc1nc2ccc(CC)cc2s1)C1CCCC1. The Morgan fingerprint density at radius 2 is 1.90 bits per heavy atom. The lowest BCUT2D eigenvalue weighted by Gasteiger charge is -2.28. The van der Waals surface area contributed by atoms with Crippen molar-refractivity contribution >= 4 is 50.8 Å². The van der Waals surface area contributed by atoms with E-state index in [1.54, 1.807) is 11.3 Å². The van der Waals surface area contributed by atoms with Crippen LogP contribution in [0, 0.1) is 11.8 Å². The van der Waals surface area contributed by atoms with Gasteiger partial charge in [-0.2, -0.15) is 11.8 Å². The summed E-state index contributed by atoms with van der Waals surface area (Å²) >= 11 is 3.58. The largest absolute Gasteiger partial charge is 0.353 e. The summed E-state index contributed by atoms with van der Waals surface area (Å²) in [4.78, 5) is 46.4. The number of carbonyl (C=O) groups is 3. The summed E-state index contributed by atoms with van der Waals surface area (Å²) in [7, 11) is 0. The monoisotopic (exact) mass is 583 g/mol. The van der Waals surface area contributed by atoms with Crippen molar-refractivity contribution in [2.75, 3.05) is 31.1 Å². The molecule has 2 fully saturated rings. The van der Waals surface area contributed by atoms with Gasteiger partial charge in [0.25, 0.3) is 0 Å². The molecule has 40 heavy (non-hydrogen) atoms. The van der Waals surface area contributed by atoms with Gasteiger partial charge in [-0.15, -0.1) is 11.3 Å². The quantitative estimate of drug-likeness (QED) is 0.259. The molecule has 1 aliphatic heterocycles. The summed E-state index contributed by atoms with van der Waals surface area (Å²) in [6.07, 6.45) is 7.56. The first-order chi connectivity index (χ1) is 19.4. The maximum absolute atomic E-state index is 13.7. The fourth-order valence-corrected chi connectivity index (χ4v) is 7.97. The van der Waals surface area contributed by atoms with Crippen molar-refractivity contribution in [3.8, 4) is 0 Å². The lowest BCUT2D eigenvalue weighted by atomic mass is 9.90. The summed E-state index contributed by atoms with van der Waals surface area (Å²) in [5, 5.41) is 4.22. The summed E-state index contributed by atoms with van der Waals surface area (Å²) in [5.41, 5.74) is 2.89. The molecule has 218 valence electrons. The topological polar surface area (TPSA) is 79.4 Å². The number of fused-ring (bicyclic) bond motifs is 1. The zero-order valence-electron chi connectivity index (χ0n) is 24.2. The molecule has 0 unspecified atom stereocenters. The van der Waals surface area contributed by atoms with E-state index in [0.717, 1.165) is 71.9 Å². The van der Waals surface area contributed by atoms with Crippen molar-refractivity contribution in [2.24, 2.45) is 11.8 Å². The van der Waals surface area contributed by atoms with Crippen molar-refractivity contribution in [1.82, 2.24) is 15.2 Å². The van der Waals surface area contributed by atoms with Crippen LogP contribution >= 0.6 is 23.1 Å². The molecule has 1 aliphatic carbocycles. The van der Waals surface area contributed by atoms with Gasteiger partial charge >= 0.3 is 0 Å². The van der Waals surface area contributed by atoms with E-state index in [9.17, 15) is 14.4 Å². The third-order valence-electron chi connectivity index (χ3n) is 8.46. The molecule has 1 saturated carbocycles. The molecular formula is C32H45N3O3S2. The Morgan fingerprint density at radius 3 is 2.60 bits per heavy atom. The van der Waals surface area contributed by atoms with Crippen LogP contribution in [0.15, 0.2) is 30.4 Å². The van der Waals surface area contributed by atoms with E-state index < -0.39 is 5.92 Å². The van der Waals surface area contributed by atoms with Crippen LogP contribution in [0.2, 0.25) is 0 Å². The molecule has 2 heterocycles. The number of rotatable bonds is 15. The lowest BCUT2D eigenvalue weighted by Crippen LogP contribution is -2.44. The van der Waals surface area contributed by atoms with Crippen molar-refractivity contribution < 1.29 is 14.4 Å². The molecule has 1 amide bonds. The Balaban J connectivity index is 1.41. The van der Waals surface area contributed by atoms with Crippen LogP contribution in [0.3, 0.4) is 0 Å². The second-order valence-electron chi connectivity index (χ2n) is 11.4. The van der Waals surface area contributed by atoms with Crippen molar-refractivity contribution in [3.63, 3.8) is 0 Å². The predicted octanol–water partition coefficient (Wildman–Crippen LogP) is 6.02. The first kappa shape index (κ1) is 30.9. The van der Waals surface area contributed by atoms with E-state index in [4.69, 9.17) is 4.98 Å². The van der Waals surface area contributed by atoms with Crippen LogP contribution in [0.1, 0.15) is 75.8 Å². The molecule has 1 aromatic carbocycles. The van der Waals surface area contributed by atoms with E-state index in [2.05, 4.69) is 35.9 Å². The Morgan fingerprint density at radius 1 is 1.15 bits per heavy atom. The van der Waals surface area contributed by atoms with E-state index in [-0.39, 0.29) is 29.9 Å². The van der Waals surface area contributed by atoms with Gasteiger partial charge in [0.2, 0.25) is 5.91 Å². The second kappa shape index (κ2) is 15.3. The summed E-state index contributed by atoms with van der Waals surface area (Å²) < 4.78 is 1.13. The maximum atomic E-state index is 13.7. The number of thiazole rings is 1. The average Bonchev–Trinajstić information content (AvgIpc) is 3.64. The Labute approximate surface area is 247 Å². The molecule has 4 rings (SSSR count). The molecule has 0 bridgehead atoms. The number of hydrogen-bond donors (Lipinski definition) is 1. The van der Waals surface area contributed by atoms with Crippen LogP contribution in [-0.2, 0) is 27.2 Å². The number of ketones is 2. The number of Topliss-reactive ketones (excluding diaryl/α,β-unsaturated/α-hetero) is 2. The van der Waals surface area contributed by atoms with E-state index >= 15 is 0 Å². The molecule has 1 aromatic heterocycles. The highest BCUT2D eigenvalue weighted by atomic mass is 32.2. The molecule has 0 radical (unpaired) electrons. The number of carbonyl (C=O) groups excluding carboxylic acids is 3. The molecule has 6 nitrogen and oxygen atoms in total. The lowest BCUT2D eigenvalue weighted by molar-refractivity contribution is -0.130. The normalized spacial score (nSPS) is 18.1. The van der Waals surface area contributed by atoms with Crippen LogP contribution in [0.5, 0.6) is 0 Å². The van der Waals surface area contributed by atoms with Crippen molar-refractivity contribution in [1.29, 1.82) is 0 Å². The highest BCUT2D eigenvalue weighted by molar-refractivity contribution is 7.99. The minimum absolute atomic E-state index is 0.0557. The average molecular weight is 584 g/mol. The highest BCUT2D eigenvalue weighted by Crippen LogP contribution is 2.31. The van der Waals surface area contributed by atoms with Gasteiger partial charge in [-0.1, -0.05) is 39.3 Å². The maximum Gasteiger partial charge on any atom is 0.224 e. The zero-order valence-corrected chi connectivity index (χ0v) is 25.8. The minimum atomic E-state index is -0.454. The van der Waals surface area contributed by atoms with Gasteiger partial charge in [-0.25, -0.2) is 4.98 Å². The molecule has 0 spiro atoms. The van der Waals surface area contributed by atoms with Gasteiger partial charge in [0.15, 0.2) is 5.78 Å². The summed E-state index contributed by atoms with van der Waals surface area (Å²) in [6.45, 7) is 10.7. The molecule has 2 atom stereocenters. The van der Waals surface area contributed by atoms with E-state index in [1.165, 1.54) is 5.56 Å². The Hall–Kier alpha value is -2.03. The van der Waals surface area contributed by atoms with Gasteiger partial charge in [0, 0.05) is 68.4 Å². The standard InChI is InChI=1S/C32H45N3O3S2/c1-4-23-10-11-28-30(18-23)40-31(33-28)20-25(19-26(36)5-2)32(38)34-27(24-8-6-7-9-24)12-13-29(37)22(3)21-35-14-16-39-17-15-35/h10-11,18,24-25,27H,3-9,12-17,19-21H2,1-2H3,(H,34,38)/t25-,27+/m0/s1. The van der Waals surface area contributed by atoms with Gasteiger partial charge in [0.1, 0.15) is 5.78 Å². The molecule has 8 heteroatoms. The predicted molar refractivity (Wildman–Crippen MR) is 167 cm³/mol. The van der Waals surface area contributed by atoms with Crippen molar-refractivity contribution in [2.45, 2.75) is 84.1 Å². The number of amides is 1. The van der Waals surface area contributed by atoms with Crippen LogP contribution in [0.4, 0.5) is 0 Å². The number of nitrogens with zero attached hydrogens (tertiary/aromatic N) is 2. The smallest absolute Gasteiger partial charge is 0.224 e. The highest BCUT2D eigenvalue weighted by Gasteiger charge is 2.31. The van der Waals surface area contributed by atoms with Crippen molar-refractivity contribution in [3.05, 3.63) is 40.9 Å². The van der Waals surface area contributed by atoms with Crippen LogP contribution in [0.25, 0.3) is 10.2 Å². The minimum Gasteiger partial charge on any atom is -0.353 e. The fourth-order valence-electron chi connectivity index (χ4n) is 5.88. The van der Waals surface area contributed by atoms with E-state index in [0.29, 0.717) is 43.7 Å². The molecule has 1 N–H and O–H groups in total. The fraction of sp³-hybridized carbons (Fsp3) is 0.625. The molecule has 2 aliphatic rings. The third kappa shape index (κ3) is 8.73. The molecule has 2 aromatic rings. The molecular weight excluding hydrogens is 539 g/mol. The Kier molecular flexibility index (Phi) is 11.8.